The first-order valence-corrected chi connectivity index (χ1v) is 8.11. The van der Waals surface area contributed by atoms with Gasteiger partial charge in [-0.3, -0.25) is 9.59 Å². The molecule has 0 aliphatic carbocycles. The van der Waals surface area contributed by atoms with E-state index in [2.05, 4.69) is 17.9 Å². The van der Waals surface area contributed by atoms with E-state index in [4.69, 9.17) is 14.6 Å². The molecule has 1 amide bonds. The van der Waals surface area contributed by atoms with E-state index in [1.165, 1.54) is 0 Å². The van der Waals surface area contributed by atoms with E-state index in [9.17, 15) is 14.8 Å². The highest BCUT2D eigenvalue weighted by Crippen LogP contribution is 2.41. The molecule has 3 unspecified atom stereocenters. The lowest BCUT2D eigenvalue weighted by Crippen LogP contribution is -2.46. The van der Waals surface area contributed by atoms with Crippen molar-refractivity contribution in [1.82, 2.24) is 10.4 Å². The Hall–Kier alpha value is -1.97. The number of hydrogen-bond acceptors (Lipinski definition) is 7. The number of carboxylic acids is 1. The minimum absolute atomic E-state index is 0.137. The zero-order valence-electron chi connectivity index (χ0n) is 12.7. The Morgan fingerprint density at radius 2 is 2.08 bits per heavy atom. The number of hydrogen-bond donors (Lipinski definition) is 4. The van der Waals surface area contributed by atoms with Crippen LogP contribution in [0.1, 0.15) is 17.9 Å². The highest BCUT2D eigenvalue weighted by molar-refractivity contribution is 7.80. The summed E-state index contributed by atoms with van der Waals surface area (Å²) in [4.78, 5) is 22.7. The Balaban J connectivity index is 1.78. The second-order valence-corrected chi connectivity index (χ2v) is 6.08. The van der Waals surface area contributed by atoms with Crippen LogP contribution in [0.5, 0.6) is 11.5 Å². The molecule has 0 saturated carbocycles. The molecule has 8 nitrogen and oxygen atoms in total. The average molecular weight is 354 g/mol. The molecule has 1 aromatic rings. The monoisotopic (exact) mass is 354 g/mol. The second kappa shape index (κ2) is 6.88. The van der Waals surface area contributed by atoms with Crippen molar-refractivity contribution >= 4 is 24.5 Å². The molecule has 0 radical (unpaired) electrons. The largest absolute Gasteiger partial charge is 0.480 e. The highest BCUT2D eigenvalue weighted by atomic mass is 32.1. The first-order valence-electron chi connectivity index (χ1n) is 7.48. The van der Waals surface area contributed by atoms with Crippen molar-refractivity contribution in [3.05, 3.63) is 23.8 Å². The standard InChI is InChI=1S/C15H18N2O6S/c18-14(19)5-16-15(20)10-4-9(11(6-24)17(10)21)8-1-2-12-13(3-8)23-7-22-12/h1-3,9-11,21,24H,4-7H2,(H,16,20)(H,18,19). The molecule has 0 spiro atoms. The lowest BCUT2D eigenvalue weighted by molar-refractivity contribution is -0.156. The topological polar surface area (TPSA) is 108 Å². The first kappa shape index (κ1) is 16.9. The lowest BCUT2D eigenvalue weighted by atomic mass is 9.91. The van der Waals surface area contributed by atoms with Crippen molar-refractivity contribution in [2.24, 2.45) is 0 Å². The third kappa shape index (κ3) is 3.14. The molecule has 3 atom stereocenters. The Kier molecular flexibility index (Phi) is 4.83. The summed E-state index contributed by atoms with van der Waals surface area (Å²) >= 11 is 4.28. The molecule has 0 aromatic heterocycles. The van der Waals surface area contributed by atoms with Crippen LogP contribution < -0.4 is 14.8 Å². The number of amides is 1. The fourth-order valence-corrected chi connectivity index (χ4v) is 3.56. The van der Waals surface area contributed by atoms with Gasteiger partial charge in [0.05, 0.1) is 6.04 Å². The van der Waals surface area contributed by atoms with Crippen LogP contribution in [0.3, 0.4) is 0 Å². The summed E-state index contributed by atoms with van der Waals surface area (Å²) in [5.74, 6) is -0.149. The maximum Gasteiger partial charge on any atom is 0.322 e. The molecule has 0 bridgehead atoms. The summed E-state index contributed by atoms with van der Waals surface area (Å²) in [5, 5.41) is 22.3. The fraction of sp³-hybridized carbons (Fsp3) is 0.467. The van der Waals surface area contributed by atoms with Gasteiger partial charge in [-0.25, -0.2) is 0 Å². The average Bonchev–Trinajstić information content (AvgIpc) is 3.15. The van der Waals surface area contributed by atoms with Crippen molar-refractivity contribution in [2.75, 3.05) is 19.1 Å². The summed E-state index contributed by atoms with van der Waals surface area (Å²) < 4.78 is 10.7. The van der Waals surface area contributed by atoms with Gasteiger partial charge in [-0.05, 0) is 24.1 Å². The summed E-state index contributed by atoms with van der Waals surface area (Å²) in [7, 11) is 0. The number of fused-ring (bicyclic) bond motifs is 1. The molecule has 3 N–H and O–H groups in total. The van der Waals surface area contributed by atoms with Crippen LogP contribution in [-0.4, -0.2) is 58.4 Å². The van der Waals surface area contributed by atoms with E-state index in [1.807, 2.05) is 12.1 Å². The van der Waals surface area contributed by atoms with Crippen LogP contribution in [0, 0.1) is 0 Å². The smallest absolute Gasteiger partial charge is 0.322 e. The number of rotatable bonds is 5. The summed E-state index contributed by atoms with van der Waals surface area (Å²) in [6.07, 6.45) is 0.354. The number of carbonyl (C=O) groups excluding carboxylic acids is 1. The molecular formula is C15H18N2O6S. The van der Waals surface area contributed by atoms with Gasteiger partial charge in [-0.15, -0.1) is 0 Å². The fourth-order valence-electron chi connectivity index (χ4n) is 3.14. The molecule has 3 rings (SSSR count). The van der Waals surface area contributed by atoms with Gasteiger partial charge in [-0.2, -0.15) is 17.7 Å². The molecule has 24 heavy (non-hydrogen) atoms. The van der Waals surface area contributed by atoms with Gasteiger partial charge in [0.25, 0.3) is 0 Å². The lowest BCUT2D eigenvalue weighted by Gasteiger charge is -2.23. The molecule has 2 heterocycles. The zero-order valence-corrected chi connectivity index (χ0v) is 13.6. The Bertz CT molecular complexity index is 655. The van der Waals surface area contributed by atoms with E-state index in [0.29, 0.717) is 23.7 Å². The van der Waals surface area contributed by atoms with E-state index in [-0.39, 0.29) is 18.8 Å². The zero-order chi connectivity index (χ0) is 17.3. The maximum absolute atomic E-state index is 12.1. The molecule has 2 aliphatic heterocycles. The minimum atomic E-state index is -1.14. The quantitative estimate of drug-likeness (QED) is 0.569. The van der Waals surface area contributed by atoms with Crippen LogP contribution in [0.25, 0.3) is 0 Å². The predicted octanol–water partition coefficient (Wildman–Crippen LogP) is 0.462. The molecule has 1 fully saturated rings. The number of benzene rings is 1. The van der Waals surface area contributed by atoms with Crippen LogP contribution in [-0.2, 0) is 9.59 Å². The summed E-state index contributed by atoms with van der Waals surface area (Å²) in [5.41, 5.74) is 0.908. The number of nitrogens with one attached hydrogen (secondary N) is 1. The van der Waals surface area contributed by atoms with Crippen molar-refractivity contribution in [1.29, 1.82) is 0 Å². The van der Waals surface area contributed by atoms with Gasteiger partial charge < -0.3 is 25.1 Å². The van der Waals surface area contributed by atoms with E-state index < -0.39 is 24.5 Å². The molecular weight excluding hydrogens is 336 g/mol. The normalized spacial score (nSPS) is 25.7. The third-order valence-corrected chi connectivity index (χ3v) is 4.70. The molecule has 2 aliphatic rings. The maximum atomic E-state index is 12.1. The van der Waals surface area contributed by atoms with E-state index >= 15 is 0 Å². The summed E-state index contributed by atoms with van der Waals surface area (Å²) in [6, 6.07) is 4.33. The summed E-state index contributed by atoms with van der Waals surface area (Å²) in [6.45, 7) is -0.310. The number of carbonyl (C=O) groups is 2. The first-order chi connectivity index (χ1) is 11.5. The van der Waals surface area contributed by atoms with E-state index in [1.54, 1.807) is 6.07 Å². The molecule has 9 heteroatoms. The van der Waals surface area contributed by atoms with Gasteiger partial charge in [0.15, 0.2) is 11.5 Å². The Labute approximate surface area is 143 Å². The van der Waals surface area contributed by atoms with Crippen LogP contribution in [0.2, 0.25) is 0 Å². The predicted molar refractivity (Wildman–Crippen MR) is 85.6 cm³/mol. The third-order valence-electron chi connectivity index (χ3n) is 4.33. The Morgan fingerprint density at radius 3 is 2.79 bits per heavy atom. The van der Waals surface area contributed by atoms with Crippen molar-refractivity contribution < 1.29 is 29.4 Å². The SMILES string of the molecule is O=C(O)CNC(=O)C1CC(c2ccc3c(c2)OCO3)C(CS)N1O. The number of aliphatic carboxylic acids is 1. The molecule has 130 valence electrons. The number of thiol groups is 1. The van der Waals surface area contributed by atoms with E-state index in [0.717, 1.165) is 10.6 Å². The van der Waals surface area contributed by atoms with Gasteiger partial charge in [0.2, 0.25) is 12.7 Å². The van der Waals surface area contributed by atoms with Gasteiger partial charge in [-0.1, -0.05) is 6.07 Å². The number of ether oxygens (including phenoxy) is 2. The Morgan fingerprint density at radius 1 is 1.33 bits per heavy atom. The van der Waals surface area contributed by atoms with Crippen LogP contribution in [0.15, 0.2) is 18.2 Å². The molecule has 1 saturated heterocycles. The van der Waals surface area contributed by atoms with Crippen molar-refractivity contribution in [3.63, 3.8) is 0 Å². The van der Waals surface area contributed by atoms with Crippen molar-refractivity contribution in [3.8, 4) is 11.5 Å². The number of carboxylic acid groups (broad SMARTS) is 1. The van der Waals surface area contributed by atoms with Gasteiger partial charge in [0, 0.05) is 11.7 Å². The van der Waals surface area contributed by atoms with Crippen molar-refractivity contribution in [2.45, 2.75) is 24.4 Å². The minimum Gasteiger partial charge on any atom is -0.480 e. The molecule has 1 aromatic carbocycles. The van der Waals surface area contributed by atoms with Crippen LogP contribution >= 0.6 is 12.6 Å². The highest BCUT2D eigenvalue weighted by Gasteiger charge is 2.44. The van der Waals surface area contributed by atoms with Crippen LogP contribution in [0.4, 0.5) is 0 Å². The number of nitrogens with zero attached hydrogens (tertiary/aromatic N) is 1. The van der Waals surface area contributed by atoms with Gasteiger partial charge >= 0.3 is 5.97 Å². The second-order valence-electron chi connectivity index (χ2n) is 5.71. The van der Waals surface area contributed by atoms with Gasteiger partial charge in [0.1, 0.15) is 12.6 Å². The number of hydroxylamine groups is 2.